The molecule has 88 valence electrons. The van der Waals surface area contributed by atoms with Crippen molar-refractivity contribution >= 4 is 5.91 Å². The predicted molar refractivity (Wildman–Crippen MR) is 61.3 cm³/mol. The molecular weight excluding hydrogens is 218 g/mol. The van der Waals surface area contributed by atoms with E-state index in [2.05, 4.69) is 25.3 Å². The molecule has 1 amide bonds. The van der Waals surface area contributed by atoms with Gasteiger partial charge in [-0.3, -0.25) is 4.79 Å². The lowest BCUT2D eigenvalue weighted by Crippen LogP contribution is -2.25. The van der Waals surface area contributed by atoms with Gasteiger partial charge < -0.3 is 10.3 Å². The number of aryl methyl sites for hydroxylation is 1. The van der Waals surface area contributed by atoms with Gasteiger partial charge in [-0.1, -0.05) is 0 Å². The normalized spacial score (nSPS) is 10.1. The molecule has 0 aromatic carbocycles. The number of H-pyrrole nitrogens is 1. The fraction of sp³-hybridized carbons (Fsp3) is 0.273. The number of nitrogens with one attached hydrogen (secondary N) is 2. The summed E-state index contributed by atoms with van der Waals surface area (Å²) in [7, 11) is 0. The first kappa shape index (κ1) is 11.3. The Bertz CT molecular complexity index is 454. The maximum atomic E-state index is 11.6. The fourth-order valence-electron chi connectivity index (χ4n) is 1.41. The molecule has 2 aromatic heterocycles. The number of carbonyl (C=O) groups is 1. The summed E-state index contributed by atoms with van der Waals surface area (Å²) in [5.41, 5.74) is 0.477. The summed E-state index contributed by atoms with van der Waals surface area (Å²) in [5.74, 6) is 0.785. The van der Waals surface area contributed by atoms with Crippen LogP contribution in [0.5, 0.6) is 0 Å². The summed E-state index contributed by atoms with van der Waals surface area (Å²) >= 11 is 0. The van der Waals surface area contributed by atoms with E-state index in [0.29, 0.717) is 12.1 Å². The van der Waals surface area contributed by atoms with Crippen molar-refractivity contribution in [2.75, 3.05) is 6.54 Å². The van der Waals surface area contributed by atoms with E-state index in [-0.39, 0.29) is 5.91 Å². The number of nitrogens with zero attached hydrogens (tertiary/aromatic N) is 3. The van der Waals surface area contributed by atoms with Crippen LogP contribution in [0.2, 0.25) is 0 Å². The molecule has 0 fully saturated rings. The molecule has 0 atom stereocenters. The zero-order valence-electron chi connectivity index (χ0n) is 9.26. The van der Waals surface area contributed by atoms with Gasteiger partial charge in [0.25, 0.3) is 5.91 Å². The lowest BCUT2D eigenvalue weighted by molar-refractivity contribution is 0.0952. The van der Waals surface area contributed by atoms with Crippen molar-refractivity contribution in [3.05, 3.63) is 42.5 Å². The minimum absolute atomic E-state index is 0.148. The number of aromatic nitrogens is 4. The van der Waals surface area contributed by atoms with Gasteiger partial charge in [0.1, 0.15) is 12.2 Å². The summed E-state index contributed by atoms with van der Waals surface area (Å²) < 4.78 is 0. The second-order valence-electron chi connectivity index (χ2n) is 3.52. The Kier molecular flexibility index (Phi) is 3.80. The highest BCUT2D eigenvalue weighted by molar-refractivity contribution is 5.93. The monoisotopic (exact) mass is 231 g/mol. The highest BCUT2D eigenvalue weighted by Crippen LogP contribution is 1.95. The Balaban J connectivity index is 1.70. The quantitative estimate of drug-likeness (QED) is 0.736. The predicted octanol–water partition coefficient (Wildman–Crippen LogP) is 0.562. The van der Waals surface area contributed by atoms with Gasteiger partial charge in [0, 0.05) is 37.8 Å². The molecule has 2 aromatic rings. The molecule has 0 aliphatic carbocycles. The van der Waals surface area contributed by atoms with E-state index < -0.39 is 0 Å². The number of aromatic amines is 1. The maximum absolute atomic E-state index is 11.6. The first-order valence-corrected chi connectivity index (χ1v) is 5.38. The molecule has 0 unspecified atom stereocenters. The molecule has 17 heavy (non-hydrogen) atoms. The minimum atomic E-state index is -0.148. The Morgan fingerprint density at radius 3 is 2.88 bits per heavy atom. The van der Waals surface area contributed by atoms with Crippen molar-refractivity contribution in [3.63, 3.8) is 0 Å². The first-order chi connectivity index (χ1) is 8.36. The Morgan fingerprint density at radius 1 is 1.35 bits per heavy atom. The molecule has 0 radical (unpaired) electrons. The minimum Gasteiger partial charge on any atom is -0.352 e. The van der Waals surface area contributed by atoms with Crippen LogP contribution < -0.4 is 5.32 Å². The van der Waals surface area contributed by atoms with Crippen LogP contribution in [0.15, 0.2) is 31.1 Å². The maximum Gasteiger partial charge on any atom is 0.254 e. The van der Waals surface area contributed by atoms with Crippen LogP contribution >= 0.6 is 0 Å². The average molecular weight is 231 g/mol. The van der Waals surface area contributed by atoms with Gasteiger partial charge in [-0.15, -0.1) is 0 Å². The highest BCUT2D eigenvalue weighted by Gasteiger charge is 2.04. The molecule has 6 nitrogen and oxygen atoms in total. The number of carbonyl (C=O) groups excluding carboxylic acids is 1. The average Bonchev–Trinajstić information content (AvgIpc) is 2.88. The van der Waals surface area contributed by atoms with Crippen LogP contribution in [-0.2, 0) is 6.42 Å². The lowest BCUT2D eigenvalue weighted by atomic mass is 10.3. The van der Waals surface area contributed by atoms with Gasteiger partial charge >= 0.3 is 0 Å². The van der Waals surface area contributed by atoms with Gasteiger partial charge in [0.05, 0.1) is 5.56 Å². The van der Waals surface area contributed by atoms with Crippen LogP contribution in [0.1, 0.15) is 22.6 Å². The molecule has 0 spiro atoms. The van der Waals surface area contributed by atoms with E-state index in [1.54, 1.807) is 12.4 Å². The van der Waals surface area contributed by atoms with Gasteiger partial charge in [-0.05, 0) is 6.42 Å². The van der Waals surface area contributed by atoms with Crippen LogP contribution in [0.4, 0.5) is 0 Å². The van der Waals surface area contributed by atoms with Gasteiger partial charge in [0.15, 0.2) is 0 Å². The largest absolute Gasteiger partial charge is 0.352 e. The fourth-order valence-corrected chi connectivity index (χ4v) is 1.41. The molecule has 0 aliphatic rings. The number of hydrogen-bond donors (Lipinski definition) is 2. The molecule has 0 aliphatic heterocycles. The molecule has 2 heterocycles. The van der Waals surface area contributed by atoms with Crippen molar-refractivity contribution in [2.45, 2.75) is 12.8 Å². The molecular formula is C11H13N5O. The van der Waals surface area contributed by atoms with Crippen molar-refractivity contribution in [1.29, 1.82) is 0 Å². The molecule has 0 bridgehead atoms. The summed E-state index contributed by atoms with van der Waals surface area (Å²) in [4.78, 5) is 26.3. The molecule has 6 heteroatoms. The molecule has 0 saturated heterocycles. The second-order valence-corrected chi connectivity index (χ2v) is 3.52. The van der Waals surface area contributed by atoms with Crippen LogP contribution in [0.25, 0.3) is 0 Å². The zero-order chi connectivity index (χ0) is 11.9. The topological polar surface area (TPSA) is 83.6 Å². The van der Waals surface area contributed by atoms with Crippen molar-refractivity contribution in [2.24, 2.45) is 0 Å². The third kappa shape index (κ3) is 3.37. The summed E-state index contributed by atoms with van der Waals surface area (Å²) in [6, 6.07) is 0. The summed E-state index contributed by atoms with van der Waals surface area (Å²) in [6.45, 7) is 0.606. The van der Waals surface area contributed by atoms with E-state index in [1.807, 2.05) is 0 Å². The van der Waals surface area contributed by atoms with E-state index in [9.17, 15) is 4.79 Å². The highest BCUT2D eigenvalue weighted by atomic mass is 16.1. The van der Waals surface area contributed by atoms with Crippen molar-refractivity contribution in [1.82, 2.24) is 25.3 Å². The number of hydrogen-bond acceptors (Lipinski definition) is 4. The SMILES string of the molecule is O=C(NCCCc1ncc[nH]1)c1cncnc1. The Labute approximate surface area is 98.5 Å². The van der Waals surface area contributed by atoms with E-state index in [4.69, 9.17) is 0 Å². The van der Waals surface area contributed by atoms with E-state index in [0.717, 1.165) is 18.7 Å². The summed E-state index contributed by atoms with van der Waals surface area (Å²) in [5, 5.41) is 2.80. The third-order valence-electron chi connectivity index (χ3n) is 2.25. The van der Waals surface area contributed by atoms with Crippen LogP contribution in [0.3, 0.4) is 0 Å². The standard InChI is InChI=1S/C11H13N5O/c17-11(9-6-12-8-13-7-9)16-3-1-2-10-14-4-5-15-10/h4-8H,1-3H2,(H,14,15)(H,16,17). The summed E-state index contributed by atoms with van der Waals surface area (Å²) in [6.07, 6.45) is 9.55. The van der Waals surface area contributed by atoms with Crippen LogP contribution in [-0.4, -0.2) is 32.4 Å². The van der Waals surface area contributed by atoms with Gasteiger partial charge in [-0.25, -0.2) is 15.0 Å². The Morgan fingerprint density at radius 2 is 2.18 bits per heavy atom. The molecule has 0 saturated carbocycles. The molecule has 2 rings (SSSR count). The van der Waals surface area contributed by atoms with Gasteiger partial charge in [0.2, 0.25) is 0 Å². The van der Waals surface area contributed by atoms with Crippen molar-refractivity contribution in [3.8, 4) is 0 Å². The Hall–Kier alpha value is -2.24. The number of rotatable bonds is 5. The van der Waals surface area contributed by atoms with E-state index >= 15 is 0 Å². The van der Waals surface area contributed by atoms with E-state index in [1.165, 1.54) is 18.7 Å². The smallest absolute Gasteiger partial charge is 0.254 e. The second kappa shape index (κ2) is 5.74. The van der Waals surface area contributed by atoms with Gasteiger partial charge in [-0.2, -0.15) is 0 Å². The third-order valence-corrected chi connectivity index (χ3v) is 2.25. The van der Waals surface area contributed by atoms with Crippen molar-refractivity contribution < 1.29 is 4.79 Å². The lowest BCUT2D eigenvalue weighted by Gasteiger charge is -2.03. The molecule has 2 N–H and O–H groups in total. The first-order valence-electron chi connectivity index (χ1n) is 5.38. The number of amides is 1. The van der Waals surface area contributed by atoms with Crippen LogP contribution in [0, 0.1) is 0 Å². The zero-order valence-corrected chi connectivity index (χ0v) is 9.26. The number of imidazole rings is 1.